The third-order valence-electron chi connectivity index (χ3n) is 3.16. The van der Waals surface area contributed by atoms with Gasteiger partial charge in [0.05, 0.1) is 19.2 Å². The number of halogens is 1. The lowest BCUT2D eigenvalue weighted by molar-refractivity contribution is -0.148. The minimum Gasteiger partial charge on any atom is -0.465 e. The summed E-state index contributed by atoms with van der Waals surface area (Å²) in [5, 5.41) is 0. The van der Waals surface area contributed by atoms with Crippen molar-refractivity contribution in [3.05, 3.63) is 35.1 Å². The van der Waals surface area contributed by atoms with E-state index in [0.29, 0.717) is 24.8 Å². The lowest BCUT2D eigenvalue weighted by Crippen LogP contribution is -2.39. The van der Waals surface area contributed by atoms with Crippen LogP contribution in [0.1, 0.15) is 35.2 Å². The number of hydrogen-bond donors (Lipinski definition) is 0. The first-order chi connectivity index (χ1) is 9.52. The molecule has 6 heteroatoms. The summed E-state index contributed by atoms with van der Waals surface area (Å²) in [5.41, 5.74) is 0.284. The van der Waals surface area contributed by atoms with E-state index in [1.165, 1.54) is 19.2 Å². The molecular formula is C14H14FNO4. The molecule has 2 rings (SSSR count). The predicted molar refractivity (Wildman–Crippen MR) is 67.1 cm³/mol. The molecule has 0 saturated carbocycles. The van der Waals surface area contributed by atoms with Gasteiger partial charge in [0.1, 0.15) is 5.82 Å². The van der Waals surface area contributed by atoms with E-state index >= 15 is 0 Å². The maximum absolute atomic E-state index is 13.7. The zero-order chi connectivity index (χ0) is 14.7. The minimum absolute atomic E-state index is 0.0238. The van der Waals surface area contributed by atoms with E-state index in [2.05, 4.69) is 4.74 Å². The van der Waals surface area contributed by atoms with Crippen LogP contribution in [0.5, 0.6) is 0 Å². The molecule has 20 heavy (non-hydrogen) atoms. The van der Waals surface area contributed by atoms with Gasteiger partial charge in [-0.15, -0.1) is 0 Å². The van der Waals surface area contributed by atoms with E-state index in [0.717, 1.165) is 11.0 Å². The molecule has 1 aliphatic heterocycles. The van der Waals surface area contributed by atoms with Gasteiger partial charge in [-0.05, 0) is 24.1 Å². The summed E-state index contributed by atoms with van der Waals surface area (Å²) in [6.45, 7) is 0.0238. The normalized spacial score (nSPS) is 15.4. The first-order valence-corrected chi connectivity index (χ1v) is 6.23. The highest BCUT2D eigenvalue weighted by molar-refractivity contribution is 5.97. The van der Waals surface area contributed by atoms with Crippen molar-refractivity contribution < 1.29 is 23.5 Å². The van der Waals surface area contributed by atoms with Gasteiger partial charge in [0.25, 0.3) is 0 Å². The molecule has 2 amide bonds. The van der Waals surface area contributed by atoms with Crippen molar-refractivity contribution >= 4 is 17.8 Å². The molecule has 0 bridgehead atoms. The van der Waals surface area contributed by atoms with Crippen LogP contribution >= 0.6 is 0 Å². The molecule has 0 N–H and O–H groups in total. The summed E-state index contributed by atoms with van der Waals surface area (Å²) >= 11 is 0. The fraction of sp³-hybridized carbons (Fsp3) is 0.357. The molecule has 1 aliphatic rings. The van der Waals surface area contributed by atoms with Crippen LogP contribution in [-0.2, 0) is 20.9 Å². The third-order valence-corrected chi connectivity index (χ3v) is 3.16. The smallest absolute Gasteiger partial charge is 0.340 e. The lowest BCUT2D eigenvalue weighted by Gasteiger charge is -2.24. The second kappa shape index (κ2) is 5.81. The monoisotopic (exact) mass is 279 g/mol. The SMILES string of the molecule is COC(=O)c1ccc(CN2C(=O)CCCC2=O)cc1F. The second-order valence-corrected chi connectivity index (χ2v) is 4.53. The number of nitrogens with zero attached hydrogens (tertiary/aromatic N) is 1. The Morgan fingerprint density at radius 2 is 1.95 bits per heavy atom. The second-order valence-electron chi connectivity index (χ2n) is 4.53. The molecule has 0 radical (unpaired) electrons. The van der Waals surface area contributed by atoms with Crippen LogP contribution in [0.25, 0.3) is 0 Å². The molecule has 0 aliphatic carbocycles. The van der Waals surface area contributed by atoms with Crippen molar-refractivity contribution in [3.63, 3.8) is 0 Å². The number of ether oxygens (including phenoxy) is 1. The van der Waals surface area contributed by atoms with E-state index in [9.17, 15) is 18.8 Å². The van der Waals surface area contributed by atoms with Crippen LogP contribution in [0.2, 0.25) is 0 Å². The quantitative estimate of drug-likeness (QED) is 0.623. The summed E-state index contributed by atoms with van der Waals surface area (Å²) < 4.78 is 18.2. The number of esters is 1. The van der Waals surface area contributed by atoms with E-state index in [-0.39, 0.29) is 23.9 Å². The van der Waals surface area contributed by atoms with Crippen molar-refractivity contribution in [2.24, 2.45) is 0 Å². The van der Waals surface area contributed by atoms with Gasteiger partial charge in [-0.3, -0.25) is 14.5 Å². The number of likely N-dealkylation sites (tertiary alicyclic amines) is 1. The highest BCUT2D eigenvalue weighted by Gasteiger charge is 2.26. The van der Waals surface area contributed by atoms with Gasteiger partial charge in [0.15, 0.2) is 0 Å². The van der Waals surface area contributed by atoms with E-state index in [1.807, 2.05) is 0 Å². The number of carbonyl (C=O) groups excluding carboxylic acids is 3. The molecule has 1 aromatic rings. The van der Waals surface area contributed by atoms with Gasteiger partial charge in [-0.25, -0.2) is 9.18 Å². The zero-order valence-corrected chi connectivity index (χ0v) is 11.0. The number of rotatable bonds is 3. The Balaban J connectivity index is 2.18. The Kier molecular flexibility index (Phi) is 4.12. The summed E-state index contributed by atoms with van der Waals surface area (Å²) in [5.74, 6) is -2.00. The number of benzene rings is 1. The molecule has 0 atom stereocenters. The molecule has 1 aromatic carbocycles. The molecule has 0 unspecified atom stereocenters. The Labute approximate surface area is 115 Å². The largest absolute Gasteiger partial charge is 0.465 e. The van der Waals surface area contributed by atoms with E-state index in [1.54, 1.807) is 0 Å². The van der Waals surface area contributed by atoms with Gasteiger partial charge in [-0.1, -0.05) is 6.07 Å². The number of hydrogen-bond acceptors (Lipinski definition) is 4. The Morgan fingerprint density at radius 3 is 2.50 bits per heavy atom. The standard InChI is InChI=1S/C14H14FNO4/c1-20-14(19)10-6-5-9(7-11(10)15)8-16-12(17)3-2-4-13(16)18/h5-7H,2-4,8H2,1H3. The van der Waals surface area contributed by atoms with Crippen LogP contribution in [0, 0.1) is 5.82 Å². The number of amides is 2. The van der Waals surface area contributed by atoms with Gasteiger partial charge in [-0.2, -0.15) is 0 Å². The number of imide groups is 1. The number of piperidine rings is 1. The van der Waals surface area contributed by atoms with Gasteiger partial charge >= 0.3 is 5.97 Å². The third kappa shape index (κ3) is 2.84. The highest BCUT2D eigenvalue weighted by atomic mass is 19.1. The molecule has 1 fully saturated rings. The Bertz CT molecular complexity index is 554. The highest BCUT2D eigenvalue weighted by Crippen LogP contribution is 2.18. The average Bonchev–Trinajstić information content (AvgIpc) is 2.42. The lowest BCUT2D eigenvalue weighted by atomic mass is 10.1. The van der Waals surface area contributed by atoms with Crippen molar-refractivity contribution in [3.8, 4) is 0 Å². The molecule has 0 spiro atoms. The topological polar surface area (TPSA) is 63.7 Å². The van der Waals surface area contributed by atoms with Gasteiger partial charge < -0.3 is 4.74 Å². The Hall–Kier alpha value is -2.24. The van der Waals surface area contributed by atoms with Crippen LogP contribution in [-0.4, -0.2) is 29.8 Å². The molecule has 0 aromatic heterocycles. The summed E-state index contributed by atoms with van der Waals surface area (Å²) in [6, 6.07) is 3.93. The molecular weight excluding hydrogens is 265 g/mol. The van der Waals surface area contributed by atoms with Crippen molar-refractivity contribution in [1.29, 1.82) is 0 Å². The molecule has 1 heterocycles. The van der Waals surface area contributed by atoms with Crippen molar-refractivity contribution in [2.75, 3.05) is 7.11 Å². The first-order valence-electron chi connectivity index (χ1n) is 6.23. The maximum Gasteiger partial charge on any atom is 0.340 e. The summed E-state index contributed by atoms with van der Waals surface area (Å²) in [6.07, 6.45) is 1.22. The van der Waals surface area contributed by atoms with Crippen LogP contribution < -0.4 is 0 Å². The average molecular weight is 279 g/mol. The van der Waals surface area contributed by atoms with Crippen molar-refractivity contribution in [2.45, 2.75) is 25.8 Å². The van der Waals surface area contributed by atoms with Gasteiger partial charge in [0.2, 0.25) is 11.8 Å². The number of methoxy groups -OCH3 is 1. The van der Waals surface area contributed by atoms with Crippen LogP contribution in [0.3, 0.4) is 0 Å². The first kappa shape index (κ1) is 14.2. The van der Waals surface area contributed by atoms with E-state index in [4.69, 9.17) is 0 Å². The predicted octanol–water partition coefficient (Wildman–Crippen LogP) is 1.65. The molecule has 1 saturated heterocycles. The summed E-state index contributed by atoms with van der Waals surface area (Å²) in [4.78, 5) is 35.7. The van der Waals surface area contributed by atoms with Crippen molar-refractivity contribution in [1.82, 2.24) is 4.90 Å². The maximum atomic E-state index is 13.7. The van der Waals surface area contributed by atoms with E-state index < -0.39 is 11.8 Å². The fourth-order valence-electron chi connectivity index (χ4n) is 2.09. The van der Waals surface area contributed by atoms with Crippen LogP contribution in [0.4, 0.5) is 4.39 Å². The molecule has 5 nitrogen and oxygen atoms in total. The fourth-order valence-corrected chi connectivity index (χ4v) is 2.09. The Morgan fingerprint density at radius 1 is 1.30 bits per heavy atom. The molecule has 106 valence electrons. The van der Waals surface area contributed by atoms with Crippen LogP contribution in [0.15, 0.2) is 18.2 Å². The number of carbonyl (C=O) groups is 3. The minimum atomic E-state index is -0.765. The van der Waals surface area contributed by atoms with Gasteiger partial charge in [0, 0.05) is 12.8 Å². The summed E-state index contributed by atoms with van der Waals surface area (Å²) in [7, 11) is 1.17. The zero-order valence-electron chi connectivity index (χ0n) is 11.0.